The molecule has 0 bridgehead atoms. The van der Waals surface area contributed by atoms with Crippen molar-refractivity contribution in [2.75, 3.05) is 25.2 Å². The van der Waals surface area contributed by atoms with Gasteiger partial charge in [-0.2, -0.15) is 0 Å². The van der Waals surface area contributed by atoms with E-state index >= 15 is 0 Å². The smallest absolute Gasteiger partial charge is 0.341 e. The maximum atomic E-state index is 13.0. The second kappa shape index (κ2) is 9.41. The van der Waals surface area contributed by atoms with Crippen molar-refractivity contribution in [3.63, 3.8) is 0 Å². The SMILES string of the molecule is CN(C(=O)CCCOc1cccc(F)c1)c1ccc(OCC(=O)O)cc1. The van der Waals surface area contributed by atoms with Crippen LogP contribution in [0.5, 0.6) is 11.5 Å². The number of amides is 1. The highest BCUT2D eigenvalue weighted by molar-refractivity contribution is 5.92. The van der Waals surface area contributed by atoms with Gasteiger partial charge in [0.05, 0.1) is 6.61 Å². The van der Waals surface area contributed by atoms with Gasteiger partial charge in [-0.05, 0) is 42.8 Å². The van der Waals surface area contributed by atoms with E-state index in [1.165, 1.54) is 17.0 Å². The van der Waals surface area contributed by atoms with E-state index in [9.17, 15) is 14.0 Å². The number of hydrogen-bond donors (Lipinski definition) is 1. The Morgan fingerprint density at radius 1 is 1.08 bits per heavy atom. The Kier molecular flexibility index (Phi) is 6.96. The van der Waals surface area contributed by atoms with Crippen molar-refractivity contribution >= 4 is 17.6 Å². The number of anilines is 1. The van der Waals surface area contributed by atoms with Gasteiger partial charge in [0.25, 0.3) is 0 Å². The van der Waals surface area contributed by atoms with Gasteiger partial charge in [-0.1, -0.05) is 6.07 Å². The van der Waals surface area contributed by atoms with Crippen molar-refractivity contribution in [3.8, 4) is 11.5 Å². The fourth-order valence-corrected chi connectivity index (χ4v) is 2.19. The molecular formula is C19H20FNO5. The van der Waals surface area contributed by atoms with Gasteiger partial charge in [-0.25, -0.2) is 9.18 Å². The Morgan fingerprint density at radius 2 is 1.81 bits per heavy atom. The lowest BCUT2D eigenvalue weighted by atomic mass is 10.2. The highest BCUT2D eigenvalue weighted by Crippen LogP contribution is 2.19. The van der Waals surface area contributed by atoms with E-state index in [-0.39, 0.29) is 18.1 Å². The summed E-state index contributed by atoms with van der Waals surface area (Å²) in [4.78, 5) is 24.2. The first-order chi connectivity index (χ1) is 12.5. The topological polar surface area (TPSA) is 76.1 Å². The van der Waals surface area contributed by atoms with Crippen LogP contribution in [0.3, 0.4) is 0 Å². The summed E-state index contributed by atoms with van der Waals surface area (Å²) in [5.74, 6) is -0.661. The summed E-state index contributed by atoms with van der Waals surface area (Å²) in [6.45, 7) is -0.107. The third kappa shape index (κ3) is 6.08. The molecule has 2 rings (SSSR count). The molecular weight excluding hydrogens is 341 g/mol. The van der Waals surface area contributed by atoms with Gasteiger partial charge in [-0.3, -0.25) is 4.79 Å². The van der Waals surface area contributed by atoms with Gasteiger partial charge < -0.3 is 19.5 Å². The third-order valence-corrected chi connectivity index (χ3v) is 3.56. The number of hydrogen-bond acceptors (Lipinski definition) is 4. The largest absolute Gasteiger partial charge is 0.493 e. The molecule has 0 radical (unpaired) electrons. The summed E-state index contributed by atoms with van der Waals surface area (Å²) >= 11 is 0. The molecule has 0 atom stereocenters. The summed E-state index contributed by atoms with van der Waals surface area (Å²) in [5.41, 5.74) is 0.670. The zero-order chi connectivity index (χ0) is 18.9. The number of carboxylic acid groups (broad SMARTS) is 1. The molecule has 2 aromatic rings. The molecule has 7 heteroatoms. The zero-order valence-corrected chi connectivity index (χ0v) is 14.4. The first kappa shape index (κ1) is 19.2. The Morgan fingerprint density at radius 3 is 2.46 bits per heavy atom. The van der Waals surface area contributed by atoms with Crippen LogP contribution >= 0.6 is 0 Å². The Hall–Kier alpha value is -3.09. The number of benzene rings is 2. The van der Waals surface area contributed by atoms with Crippen molar-refractivity contribution in [1.82, 2.24) is 0 Å². The fraction of sp³-hybridized carbons (Fsp3) is 0.263. The quantitative estimate of drug-likeness (QED) is 0.695. The monoisotopic (exact) mass is 361 g/mol. The molecule has 138 valence electrons. The van der Waals surface area contributed by atoms with E-state index < -0.39 is 12.6 Å². The second-order valence-electron chi connectivity index (χ2n) is 5.54. The van der Waals surface area contributed by atoms with Crippen molar-refractivity contribution in [2.45, 2.75) is 12.8 Å². The molecule has 0 heterocycles. The number of halogens is 1. The second-order valence-corrected chi connectivity index (χ2v) is 5.54. The van der Waals surface area contributed by atoms with E-state index in [0.717, 1.165) is 0 Å². The first-order valence-corrected chi connectivity index (χ1v) is 8.05. The molecule has 6 nitrogen and oxygen atoms in total. The lowest BCUT2D eigenvalue weighted by molar-refractivity contribution is -0.139. The van der Waals surface area contributed by atoms with Crippen molar-refractivity contribution < 1.29 is 28.6 Å². The molecule has 1 amide bonds. The molecule has 0 aliphatic rings. The number of carboxylic acids is 1. The van der Waals surface area contributed by atoms with Gasteiger partial charge in [-0.15, -0.1) is 0 Å². The molecule has 0 spiro atoms. The van der Waals surface area contributed by atoms with Crippen LogP contribution in [0.25, 0.3) is 0 Å². The maximum Gasteiger partial charge on any atom is 0.341 e. The van der Waals surface area contributed by atoms with Gasteiger partial charge in [0.1, 0.15) is 17.3 Å². The van der Waals surface area contributed by atoms with E-state index in [1.54, 1.807) is 43.4 Å². The van der Waals surface area contributed by atoms with E-state index in [1.807, 2.05) is 0 Å². The van der Waals surface area contributed by atoms with Gasteiger partial charge in [0.2, 0.25) is 5.91 Å². The van der Waals surface area contributed by atoms with Crippen LogP contribution in [-0.2, 0) is 9.59 Å². The Balaban J connectivity index is 1.76. The average molecular weight is 361 g/mol. The normalized spacial score (nSPS) is 10.2. The summed E-state index contributed by atoms with van der Waals surface area (Å²) in [5, 5.41) is 8.57. The molecule has 0 aliphatic heterocycles. The van der Waals surface area contributed by atoms with Crippen LogP contribution in [0.2, 0.25) is 0 Å². The maximum absolute atomic E-state index is 13.0. The minimum Gasteiger partial charge on any atom is -0.493 e. The lowest BCUT2D eigenvalue weighted by Crippen LogP contribution is -2.26. The summed E-state index contributed by atoms with van der Waals surface area (Å²) in [7, 11) is 1.66. The van der Waals surface area contributed by atoms with E-state index in [2.05, 4.69) is 0 Å². The minimum absolute atomic E-state index is 0.0907. The molecule has 1 N–H and O–H groups in total. The number of aliphatic carboxylic acids is 1. The van der Waals surface area contributed by atoms with Gasteiger partial charge >= 0.3 is 5.97 Å². The van der Waals surface area contributed by atoms with Crippen LogP contribution in [0, 0.1) is 5.82 Å². The lowest BCUT2D eigenvalue weighted by Gasteiger charge is -2.18. The van der Waals surface area contributed by atoms with E-state index in [4.69, 9.17) is 14.6 Å². The van der Waals surface area contributed by atoms with Gasteiger partial charge in [0, 0.05) is 25.2 Å². The molecule has 26 heavy (non-hydrogen) atoms. The molecule has 0 saturated carbocycles. The highest BCUT2D eigenvalue weighted by atomic mass is 19.1. The van der Waals surface area contributed by atoms with Crippen molar-refractivity contribution in [3.05, 3.63) is 54.3 Å². The predicted molar refractivity (Wildman–Crippen MR) is 94.1 cm³/mol. The minimum atomic E-state index is -1.05. The van der Waals surface area contributed by atoms with Crippen LogP contribution in [0.1, 0.15) is 12.8 Å². The first-order valence-electron chi connectivity index (χ1n) is 8.05. The summed E-state index contributed by atoms with van der Waals surface area (Å²) in [6, 6.07) is 12.4. The number of ether oxygens (including phenoxy) is 2. The fourth-order valence-electron chi connectivity index (χ4n) is 2.19. The number of rotatable bonds is 9. The summed E-state index contributed by atoms with van der Waals surface area (Å²) in [6.07, 6.45) is 0.780. The van der Waals surface area contributed by atoms with Crippen molar-refractivity contribution in [2.24, 2.45) is 0 Å². The zero-order valence-electron chi connectivity index (χ0n) is 14.4. The van der Waals surface area contributed by atoms with E-state index in [0.29, 0.717) is 30.2 Å². The standard InChI is InChI=1S/C19H20FNO5/c1-21(15-7-9-16(10-8-15)26-13-19(23)24)18(22)6-3-11-25-17-5-2-4-14(20)12-17/h2,4-5,7-10,12H,3,6,11,13H2,1H3,(H,23,24). The molecule has 0 aliphatic carbocycles. The third-order valence-electron chi connectivity index (χ3n) is 3.56. The Labute approximate surface area is 150 Å². The predicted octanol–water partition coefficient (Wildman–Crippen LogP) is 3.11. The number of carbonyl (C=O) groups is 2. The molecule has 2 aromatic carbocycles. The highest BCUT2D eigenvalue weighted by Gasteiger charge is 2.11. The number of nitrogens with zero attached hydrogens (tertiary/aromatic N) is 1. The van der Waals surface area contributed by atoms with Gasteiger partial charge in [0.15, 0.2) is 6.61 Å². The van der Waals surface area contributed by atoms with Crippen LogP contribution in [0.15, 0.2) is 48.5 Å². The summed E-state index contributed by atoms with van der Waals surface area (Å²) < 4.78 is 23.5. The van der Waals surface area contributed by atoms with Crippen molar-refractivity contribution in [1.29, 1.82) is 0 Å². The molecule has 0 aromatic heterocycles. The van der Waals surface area contributed by atoms with Crippen LogP contribution in [-0.4, -0.2) is 37.2 Å². The molecule has 0 unspecified atom stereocenters. The van der Waals surface area contributed by atoms with Crippen LogP contribution in [0.4, 0.5) is 10.1 Å². The molecule has 0 fully saturated rings. The number of carbonyl (C=O) groups excluding carboxylic acids is 1. The van der Waals surface area contributed by atoms with Crippen LogP contribution < -0.4 is 14.4 Å². The average Bonchev–Trinajstić information content (AvgIpc) is 2.63. The molecule has 0 saturated heterocycles. The Bertz CT molecular complexity index is 748.